The van der Waals surface area contributed by atoms with Gasteiger partial charge >= 0.3 is 0 Å². The quantitative estimate of drug-likeness (QED) is 0.840. The van der Waals surface area contributed by atoms with Crippen LogP contribution in [0.15, 0.2) is 24.3 Å². The molecule has 2 aliphatic rings. The van der Waals surface area contributed by atoms with Gasteiger partial charge in [0.05, 0.1) is 5.92 Å². The smallest absolute Gasteiger partial charge is 0.227 e. The fourth-order valence-corrected chi connectivity index (χ4v) is 4.14. The minimum atomic E-state index is 0.0346. The Bertz CT molecular complexity index is 502. The zero-order chi connectivity index (χ0) is 14.7. The van der Waals surface area contributed by atoms with Gasteiger partial charge in [0.1, 0.15) is 0 Å². The molecule has 2 nitrogen and oxygen atoms in total. The molecule has 0 saturated heterocycles. The summed E-state index contributed by atoms with van der Waals surface area (Å²) in [6.45, 7) is 0.742. The van der Waals surface area contributed by atoms with Gasteiger partial charge in [0.2, 0.25) is 5.91 Å². The molecule has 0 heterocycles. The molecule has 3 atom stereocenters. The molecule has 3 unspecified atom stereocenters. The standard InChI is InChI=1S/C18H24ClNO/c19-17-11-4-2-7-14(17)12-20-18(21)16-10-5-8-13-6-1-3-9-15(13)16/h1,3,6,9,14,16-17H,2,4-5,7-8,10-12H2,(H,20,21). The lowest BCUT2D eigenvalue weighted by Crippen LogP contribution is -2.38. The Morgan fingerprint density at radius 1 is 1.14 bits per heavy atom. The maximum atomic E-state index is 12.6. The molecule has 1 aromatic rings. The van der Waals surface area contributed by atoms with E-state index < -0.39 is 0 Å². The lowest BCUT2D eigenvalue weighted by Gasteiger charge is -2.29. The molecule has 2 aliphatic carbocycles. The molecule has 1 amide bonds. The normalized spacial score (nSPS) is 28.7. The van der Waals surface area contributed by atoms with Gasteiger partial charge < -0.3 is 5.32 Å². The van der Waals surface area contributed by atoms with Crippen molar-refractivity contribution in [3.63, 3.8) is 0 Å². The highest BCUT2D eigenvalue weighted by Gasteiger charge is 2.28. The van der Waals surface area contributed by atoms with Gasteiger partial charge in [-0.05, 0) is 49.1 Å². The van der Waals surface area contributed by atoms with Gasteiger partial charge in [-0.2, -0.15) is 0 Å². The van der Waals surface area contributed by atoms with Crippen molar-refractivity contribution >= 4 is 17.5 Å². The van der Waals surface area contributed by atoms with Gasteiger partial charge in [-0.15, -0.1) is 11.6 Å². The number of aryl methyl sites for hydroxylation is 1. The van der Waals surface area contributed by atoms with Crippen LogP contribution in [0, 0.1) is 5.92 Å². The molecule has 1 N–H and O–H groups in total. The summed E-state index contributed by atoms with van der Waals surface area (Å²) in [5.74, 6) is 0.673. The van der Waals surface area contributed by atoms with Gasteiger partial charge in [0.25, 0.3) is 0 Å². The van der Waals surface area contributed by atoms with Crippen LogP contribution in [0.2, 0.25) is 0 Å². The van der Waals surface area contributed by atoms with Crippen molar-refractivity contribution in [3.8, 4) is 0 Å². The van der Waals surface area contributed by atoms with Crippen LogP contribution in [-0.4, -0.2) is 17.8 Å². The molecule has 0 spiro atoms. The molecule has 1 fully saturated rings. The maximum Gasteiger partial charge on any atom is 0.227 e. The van der Waals surface area contributed by atoms with Gasteiger partial charge in [0, 0.05) is 11.9 Å². The van der Waals surface area contributed by atoms with E-state index in [2.05, 4.69) is 23.5 Å². The molecule has 0 aromatic heterocycles. The lowest BCUT2D eigenvalue weighted by molar-refractivity contribution is -0.123. The van der Waals surface area contributed by atoms with Gasteiger partial charge in [-0.3, -0.25) is 4.79 Å². The predicted molar refractivity (Wildman–Crippen MR) is 86.7 cm³/mol. The van der Waals surface area contributed by atoms with E-state index in [0.717, 1.165) is 38.6 Å². The molecule has 0 radical (unpaired) electrons. The number of halogens is 1. The van der Waals surface area contributed by atoms with E-state index in [4.69, 9.17) is 11.6 Å². The lowest BCUT2D eigenvalue weighted by atomic mass is 9.82. The van der Waals surface area contributed by atoms with E-state index in [9.17, 15) is 4.79 Å². The second-order valence-electron chi connectivity index (χ2n) is 6.45. The Morgan fingerprint density at radius 2 is 1.95 bits per heavy atom. The number of hydrogen-bond acceptors (Lipinski definition) is 1. The number of alkyl halides is 1. The van der Waals surface area contributed by atoms with Crippen LogP contribution < -0.4 is 5.32 Å². The molecule has 3 heteroatoms. The number of hydrogen-bond donors (Lipinski definition) is 1. The molecule has 0 bridgehead atoms. The van der Waals surface area contributed by atoms with Crippen molar-refractivity contribution < 1.29 is 4.79 Å². The number of amides is 1. The summed E-state index contributed by atoms with van der Waals surface area (Å²) < 4.78 is 0. The van der Waals surface area contributed by atoms with Crippen LogP contribution in [-0.2, 0) is 11.2 Å². The van der Waals surface area contributed by atoms with E-state index in [1.807, 2.05) is 6.07 Å². The van der Waals surface area contributed by atoms with Crippen LogP contribution >= 0.6 is 11.6 Å². The highest BCUT2D eigenvalue weighted by atomic mass is 35.5. The van der Waals surface area contributed by atoms with E-state index in [0.29, 0.717) is 5.92 Å². The van der Waals surface area contributed by atoms with E-state index in [1.54, 1.807) is 0 Å². The van der Waals surface area contributed by atoms with Crippen molar-refractivity contribution in [1.82, 2.24) is 5.32 Å². The Hall–Kier alpha value is -1.02. The van der Waals surface area contributed by atoms with Gasteiger partial charge in [0.15, 0.2) is 0 Å². The van der Waals surface area contributed by atoms with Crippen LogP contribution in [0.25, 0.3) is 0 Å². The summed E-state index contributed by atoms with van der Waals surface area (Å²) in [5, 5.41) is 3.40. The second kappa shape index (κ2) is 6.83. The van der Waals surface area contributed by atoms with Crippen molar-refractivity contribution in [2.24, 2.45) is 5.92 Å². The summed E-state index contributed by atoms with van der Waals surface area (Å²) in [4.78, 5) is 12.6. The molecule has 21 heavy (non-hydrogen) atoms. The summed E-state index contributed by atoms with van der Waals surface area (Å²) in [6.07, 6.45) is 7.90. The first-order chi connectivity index (χ1) is 10.3. The summed E-state index contributed by atoms with van der Waals surface area (Å²) in [5.41, 5.74) is 2.57. The number of fused-ring (bicyclic) bond motifs is 1. The fraction of sp³-hybridized carbons (Fsp3) is 0.611. The molecular formula is C18H24ClNO. The highest BCUT2D eigenvalue weighted by Crippen LogP contribution is 2.32. The largest absolute Gasteiger partial charge is 0.355 e. The SMILES string of the molecule is O=C(NCC1CCCCC1Cl)C1CCCc2ccccc21. The zero-order valence-corrected chi connectivity index (χ0v) is 13.2. The van der Waals surface area contributed by atoms with Crippen LogP contribution in [0.1, 0.15) is 55.6 Å². The third kappa shape index (κ3) is 3.42. The van der Waals surface area contributed by atoms with Gasteiger partial charge in [-0.25, -0.2) is 0 Å². The van der Waals surface area contributed by atoms with E-state index >= 15 is 0 Å². The number of carbonyl (C=O) groups excluding carboxylic acids is 1. The average molecular weight is 306 g/mol. The van der Waals surface area contributed by atoms with Crippen molar-refractivity contribution in [1.29, 1.82) is 0 Å². The fourth-order valence-electron chi connectivity index (χ4n) is 3.77. The number of carbonyl (C=O) groups is 1. The summed E-state index contributed by atoms with van der Waals surface area (Å²) in [6, 6.07) is 8.38. The Labute approximate surface area is 132 Å². The third-order valence-corrected chi connectivity index (χ3v) is 5.62. The second-order valence-corrected chi connectivity index (χ2v) is 7.01. The monoisotopic (exact) mass is 305 g/mol. The summed E-state index contributed by atoms with van der Waals surface area (Å²) >= 11 is 6.38. The van der Waals surface area contributed by atoms with Crippen LogP contribution in [0.4, 0.5) is 0 Å². The predicted octanol–water partition coefficient (Wildman–Crippen LogP) is 4.02. The minimum absolute atomic E-state index is 0.0346. The number of rotatable bonds is 3. The Balaban J connectivity index is 1.61. The molecule has 1 aromatic carbocycles. The average Bonchev–Trinajstić information content (AvgIpc) is 2.53. The first-order valence-electron chi connectivity index (χ1n) is 8.25. The van der Waals surface area contributed by atoms with Crippen molar-refractivity contribution in [3.05, 3.63) is 35.4 Å². The number of nitrogens with one attached hydrogen (secondary N) is 1. The molecule has 0 aliphatic heterocycles. The maximum absolute atomic E-state index is 12.6. The van der Waals surface area contributed by atoms with Crippen molar-refractivity contribution in [2.75, 3.05) is 6.54 Å². The third-order valence-electron chi connectivity index (χ3n) is 5.04. The van der Waals surface area contributed by atoms with Crippen molar-refractivity contribution in [2.45, 2.75) is 56.2 Å². The Morgan fingerprint density at radius 3 is 2.81 bits per heavy atom. The minimum Gasteiger partial charge on any atom is -0.355 e. The topological polar surface area (TPSA) is 29.1 Å². The first-order valence-corrected chi connectivity index (χ1v) is 8.69. The summed E-state index contributed by atoms with van der Waals surface area (Å²) in [7, 11) is 0. The van der Waals surface area contributed by atoms with Gasteiger partial charge in [-0.1, -0.05) is 37.1 Å². The first kappa shape index (κ1) is 14.9. The molecule has 114 valence electrons. The van der Waals surface area contributed by atoms with E-state index in [1.165, 1.54) is 24.0 Å². The van der Waals surface area contributed by atoms with E-state index in [-0.39, 0.29) is 17.2 Å². The molecule has 3 rings (SSSR count). The Kier molecular flexibility index (Phi) is 4.84. The highest BCUT2D eigenvalue weighted by molar-refractivity contribution is 6.20. The molecule has 1 saturated carbocycles. The zero-order valence-electron chi connectivity index (χ0n) is 12.5. The van der Waals surface area contributed by atoms with Crippen LogP contribution in [0.5, 0.6) is 0 Å². The number of benzene rings is 1. The van der Waals surface area contributed by atoms with Crippen LogP contribution in [0.3, 0.4) is 0 Å². The molecular weight excluding hydrogens is 282 g/mol.